The van der Waals surface area contributed by atoms with Crippen LogP contribution in [0.4, 0.5) is 27.6 Å². The van der Waals surface area contributed by atoms with Gasteiger partial charge in [-0.1, -0.05) is 0 Å². The third kappa shape index (κ3) is 2.51. The average molecular weight is 291 g/mol. The lowest BCUT2D eigenvalue weighted by molar-refractivity contribution is -0.267. The number of nitrogens with zero attached hydrogens (tertiary/aromatic N) is 2. The van der Waals surface area contributed by atoms with Crippen LogP contribution >= 0.6 is 0 Å². The summed E-state index contributed by atoms with van der Waals surface area (Å²) in [7, 11) is 0. The summed E-state index contributed by atoms with van der Waals surface area (Å²) >= 11 is 0. The largest absolute Gasteiger partial charge is 0.463 e. The summed E-state index contributed by atoms with van der Waals surface area (Å²) in [5.74, 6) is -7.92. The highest BCUT2D eigenvalue weighted by atomic mass is 19.4. The molecule has 2 aromatic rings. The molecule has 0 unspecified atom stereocenters. The normalized spacial score (nSPS) is 12.4. The van der Waals surface area contributed by atoms with Crippen LogP contribution in [0.15, 0.2) is 30.6 Å². The van der Waals surface area contributed by atoms with Crippen molar-refractivity contribution in [1.82, 2.24) is 9.97 Å². The van der Waals surface area contributed by atoms with Gasteiger partial charge >= 0.3 is 18.0 Å². The van der Waals surface area contributed by atoms with Crippen molar-refractivity contribution in [3.05, 3.63) is 30.6 Å². The highest BCUT2D eigenvalue weighted by molar-refractivity contribution is 5.97. The zero-order chi connectivity index (χ0) is 15.0. The second-order valence-corrected chi connectivity index (χ2v) is 3.79. The first-order chi connectivity index (χ1) is 9.22. The second kappa shape index (κ2) is 4.66. The van der Waals surface area contributed by atoms with E-state index in [9.17, 15) is 26.7 Å². The van der Waals surface area contributed by atoms with Crippen molar-refractivity contribution in [2.24, 2.45) is 0 Å². The zero-order valence-corrected chi connectivity index (χ0v) is 9.58. The molecule has 0 saturated heterocycles. The van der Waals surface area contributed by atoms with Crippen LogP contribution in [-0.4, -0.2) is 28.0 Å². The van der Waals surface area contributed by atoms with Crippen molar-refractivity contribution in [2.75, 3.05) is 5.32 Å². The minimum absolute atomic E-state index is 0.230. The molecule has 1 aromatic heterocycles. The maximum absolute atomic E-state index is 12.8. The van der Waals surface area contributed by atoms with Crippen molar-refractivity contribution in [3.8, 4) is 0 Å². The Bertz CT molecular complexity index is 656. The summed E-state index contributed by atoms with van der Waals surface area (Å²) in [6.45, 7) is 0. The molecule has 0 aliphatic carbocycles. The van der Waals surface area contributed by atoms with Crippen LogP contribution < -0.4 is 5.32 Å². The quantitative estimate of drug-likeness (QED) is 0.866. The van der Waals surface area contributed by atoms with Crippen molar-refractivity contribution in [2.45, 2.75) is 12.1 Å². The number of amides is 1. The van der Waals surface area contributed by atoms with Gasteiger partial charge in [0.1, 0.15) is 0 Å². The van der Waals surface area contributed by atoms with E-state index in [1.54, 1.807) is 0 Å². The minimum Gasteiger partial charge on any atom is -0.320 e. The molecule has 1 heterocycles. The van der Waals surface area contributed by atoms with E-state index in [0.717, 1.165) is 12.1 Å². The molecule has 2 rings (SSSR count). The molecule has 0 saturated carbocycles. The van der Waals surface area contributed by atoms with Gasteiger partial charge in [0.05, 0.1) is 11.0 Å². The molecule has 0 aliphatic rings. The van der Waals surface area contributed by atoms with Gasteiger partial charge in [-0.3, -0.25) is 14.8 Å². The number of nitrogens with one attached hydrogen (secondary N) is 1. The summed E-state index contributed by atoms with van der Waals surface area (Å²) in [4.78, 5) is 18.7. The molecule has 106 valence electrons. The van der Waals surface area contributed by atoms with E-state index in [1.165, 1.54) is 23.8 Å². The van der Waals surface area contributed by atoms with Gasteiger partial charge in [0.15, 0.2) is 0 Å². The summed E-state index contributed by atoms with van der Waals surface area (Å²) in [6, 6.07) is 3.64. The van der Waals surface area contributed by atoms with E-state index in [-0.39, 0.29) is 11.2 Å². The van der Waals surface area contributed by atoms with E-state index >= 15 is 0 Å². The number of aromatic nitrogens is 2. The average Bonchev–Trinajstić information content (AvgIpc) is 2.37. The highest BCUT2D eigenvalue weighted by Crippen LogP contribution is 2.36. The molecular formula is C11H6F5N3O. The van der Waals surface area contributed by atoms with Crippen LogP contribution in [0.3, 0.4) is 0 Å². The molecule has 4 nitrogen and oxygen atoms in total. The van der Waals surface area contributed by atoms with Gasteiger partial charge in [-0.05, 0) is 18.2 Å². The van der Waals surface area contributed by atoms with Crippen molar-refractivity contribution in [3.63, 3.8) is 0 Å². The molecule has 1 N–H and O–H groups in total. The van der Waals surface area contributed by atoms with E-state index in [4.69, 9.17) is 0 Å². The Kier molecular flexibility index (Phi) is 3.28. The van der Waals surface area contributed by atoms with E-state index < -0.39 is 18.0 Å². The Morgan fingerprint density at radius 2 is 1.60 bits per heavy atom. The fourth-order valence-corrected chi connectivity index (χ4v) is 1.38. The third-order valence-electron chi connectivity index (χ3n) is 2.37. The van der Waals surface area contributed by atoms with Gasteiger partial charge in [0.25, 0.3) is 0 Å². The first-order valence-electron chi connectivity index (χ1n) is 5.18. The summed E-state index contributed by atoms with van der Waals surface area (Å²) in [6.07, 6.45) is -3.25. The van der Waals surface area contributed by atoms with Crippen molar-refractivity contribution < 1.29 is 26.7 Å². The highest BCUT2D eigenvalue weighted by Gasteiger charge is 2.63. The van der Waals surface area contributed by atoms with Crippen LogP contribution in [0.2, 0.25) is 0 Å². The smallest absolute Gasteiger partial charge is 0.320 e. The summed E-state index contributed by atoms with van der Waals surface area (Å²) in [5, 5.41) is 1.50. The van der Waals surface area contributed by atoms with E-state index in [1.807, 2.05) is 0 Å². The molecule has 1 aromatic carbocycles. The summed E-state index contributed by atoms with van der Waals surface area (Å²) < 4.78 is 61.5. The van der Waals surface area contributed by atoms with Crippen LogP contribution in [0.5, 0.6) is 0 Å². The fourth-order valence-electron chi connectivity index (χ4n) is 1.38. The molecule has 0 bridgehead atoms. The Hall–Kier alpha value is -2.32. The van der Waals surface area contributed by atoms with Crippen LogP contribution in [0, 0.1) is 0 Å². The Balaban J connectivity index is 2.26. The monoisotopic (exact) mass is 291 g/mol. The second-order valence-electron chi connectivity index (χ2n) is 3.79. The minimum atomic E-state index is -5.95. The molecule has 0 spiro atoms. The van der Waals surface area contributed by atoms with Gasteiger partial charge in [-0.25, -0.2) is 0 Å². The number of hydrogen-bond donors (Lipinski definition) is 1. The van der Waals surface area contributed by atoms with Crippen LogP contribution in [-0.2, 0) is 4.79 Å². The topological polar surface area (TPSA) is 54.9 Å². The van der Waals surface area contributed by atoms with Crippen LogP contribution in [0.1, 0.15) is 0 Å². The van der Waals surface area contributed by atoms with Crippen molar-refractivity contribution in [1.29, 1.82) is 0 Å². The molecule has 9 heteroatoms. The SMILES string of the molecule is O=C(Nc1ccc2nccnc2c1)C(F)(F)C(F)(F)F. The number of hydrogen-bond acceptors (Lipinski definition) is 3. The predicted molar refractivity (Wildman–Crippen MR) is 59.2 cm³/mol. The standard InChI is InChI=1S/C11H6F5N3O/c12-10(13,11(14,15)16)9(20)19-6-1-2-7-8(5-6)18-4-3-17-7/h1-5H,(H,19,20). The molecule has 0 fully saturated rings. The van der Waals surface area contributed by atoms with E-state index in [0.29, 0.717) is 5.52 Å². The van der Waals surface area contributed by atoms with Gasteiger partial charge in [0.2, 0.25) is 0 Å². The molecule has 1 amide bonds. The summed E-state index contributed by atoms with van der Waals surface area (Å²) in [5.41, 5.74) is 0.431. The van der Waals surface area contributed by atoms with Gasteiger partial charge < -0.3 is 5.32 Å². The number of alkyl halides is 5. The predicted octanol–water partition coefficient (Wildman–Crippen LogP) is 2.77. The van der Waals surface area contributed by atoms with Crippen molar-refractivity contribution >= 4 is 22.6 Å². The zero-order valence-electron chi connectivity index (χ0n) is 9.58. The number of halogens is 5. The molecular weight excluding hydrogens is 285 g/mol. The number of fused-ring (bicyclic) bond motifs is 1. The molecule has 0 atom stereocenters. The number of carbonyl (C=O) groups excluding carboxylic acids is 1. The number of rotatable bonds is 2. The first-order valence-corrected chi connectivity index (χ1v) is 5.18. The van der Waals surface area contributed by atoms with Crippen LogP contribution in [0.25, 0.3) is 11.0 Å². The number of anilines is 1. The maximum Gasteiger partial charge on any atom is 0.463 e. The Morgan fingerprint density at radius 1 is 1.00 bits per heavy atom. The number of carbonyl (C=O) groups is 1. The molecule has 0 aliphatic heterocycles. The lowest BCUT2D eigenvalue weighted by atomic mass is 10.2. The third-order valence-corrected chi connectivity index (χ3v) is 2.37. The molecule has 0 radical (unpaired) electrons. The first kappa shape index (κ1) is 14.1. The number of benzene rings is 1. The van der Waals surface area contributed by atoms with Gasteiger partial charge in [-0.2, -0.15) is 22.0 Å². The maximum atomic E-state index is 12.8. The van der Waals surface area contributed by atoms with Gasteiger partial charge in [0, 0.05) is 18.1 Å². The fraction of sp³-hybridized carbons (Fsp3) is 0.182. The Labute approximate surface area is 108 Å². The Morgan fingerprint density at radius 3 is 2.20 bits per heavy atom. The molecule has 20 heavy (non-hydrogen) atoms. The van der Waals surface area contributed by atoms with Gasteiger partial charge in [-0.15, -0.1) is 0 Å². The lowest BCUT2D eigenvalue weighted by Gasteiger charge is -2.18. The lowest BCUT2D eigenvalue weighted by Crippen LogP contribution is -2.47. The van der Waals surface area contributed by atoms with E-state index in [2.05, 4.69) is 9.97 Å².